The van der Waals surface area contributed by atoms with Gasteiger partial charge in [-0.3, -0.25) is 5.01 Å². The molecule has 126 valence electrons. The van der Waals surface area contributed by atoms with E-state index in [0.29, 0.717) is 19.8 Å². The van der Waals surface area contributed by atoms with E-state index in [0.717, 1.165) is 18.8 Å². The minimum atomic E-state index is -2.81. The molecular weight excluding hydrogens is 306 g/mol. The van der Waals surface area contributed by atoms with Crippen LogP contribution in [0.1, 0.15) is 0 Å². The maximum Gasteiger partial charge on any atom is 0.387 e. The Morgan fingerprint density at radius 2 is 2.04 bits per heavy atom. The van der Waals surface area contributed by atoms with E-state index in [2.05, 4.69) is 14.8 Å². The molecule has 0 bridgehead atoms. The van der Waals surface area contributed by atoms with Crippen LogP contribution in [-0.4, -0.2) is 55.6 Å². The molecule has 2 N–H and O–H groups in total. The lowest BCUT2D eigenvalue weighted by atomic mass is 10.3. The van der Waals surface area contributed by atoms with Gasteiger partial charge in [0.15, 0.2) is 0 Å². The maximum atomic E-state index is 12.2. The van der Waals surface area contributed by atoms with Crippen molar-refractivity contribution < 1.29 is 18.3 Å². The Labute approximate surface area is 133 Å². The molecule has 3 rings (SSSR count). The zero-order valence-electron chi connectivity index (χ0n) is 12.6. The minimum Gasteiger partial charge on any atom is -0.435 e. The van der Waals surface area contributed by atoms with Crippen molar-refractivity contribution in [1.29, 1.82) is 0 Å². The highest BCUT2D eigenvalue weighted by Crippen LogP contribution is 2.24. The Hall–Kier alpha value is -1.90. The number of rotatable bonds is 5. The average molecular weight is 326 g/mol. The van der Waals surface area contributed by atoms with E-state index in [1.807, 2.05) is 17.3 Å². The second kappa shape index (κ2) is 7.12. The van der Waals surface area contributed by atoms with Crippen molar-refractivity contribution >= 4 is 5.69 Å². The van der Waals surface area contributed by atoms with Gasteiger partial charge in [0.05, 0.1) is 12.7 Å². The molecule has 2 aliphatic heterocycles. The molecule has 1 atom stereocenters. The first-order valence-corrected chi connectivity index (χ1v) is 7.49. The highest BCUT2D eigenvalue weighted by atomic mass is 19.3. The Kier molecular flexibility index (Phi) is 4.94. The highest BCUT2D eigenvalue weighted by Gasteiger charge is 2.26. The van der Waals surface area contributed by atoms with E-state index in [9.17, 15) is 8.78 Å². The summed E-state index contributed by atoms with van der Waals surface area (Å²) >= 11 is 0. The van der Waals surface area contributed by atoms with Crippen molar-refractivity contribution in [3.63, 3.8) is 0 Å². The van der Waals surface area contributed by atoms with Crippen molar-refractivity contribution in [3.8, 4) is 5.75 Å². The van der Waals surface area contributed by atoms with Gasteiger partial charge in [0.1, 0.15) is 12.4 Å². The SMILES string of the molecule is NCC1CN(N2C=CN(c3ccc(OC(F)F)cc3)C2)CCO1. The molecule has 1 aromatic rings. The number of anilines is 1. The molecule has 0 aliphatic carbocycles. The van der Waals surface area contributed by atoms with Crippen LogP contribution in [0.5, 0.6) is 5.75 Å². The molecule has 0 spiro atoms. The van der Waals surface area contributed by atoms with Crippen molar-refractivity contribution in [3.05, 3.63) is 36.7 Å². The third-order valence-electron chi connectivity index (χ3n) is 3.85. The fraction of sp³-hybridized carbons (Fsp3) is 0.467. The molecule has 0 amide bonds. The monoisotopic (exact) mass is 326 g/mol. The second-order valence-electron chi connectivity index (χ2n) is 5.36. The summed E-state index contributed by atoms with van der Waals surface area (Å²) in [5, 5.41) is 4.31. The van der Waals surface area contributed by atoms with Gasteiger partial charge in [-0.15, -0.1) is 0 Å². The van der Waals surface area contributed by atoms with Gasteiger partial charge in [-0.25, -0.2) is 5.01 Å². The number of hydrogen-bond donors (Lipinski definition) is 1. The van der Waals surface area contributed by atoms with E-state index in [1.165, 1.54) is 12.1 Å². The maximum absolute atomic E-state index is 12.2. The molecule has 1 unspecified atom stereocenters. The number of alkyl halides is 2. The summed E-state index contributed by atoms with van der Waals surface area (Å²) in [5.74, 6) is 0.155. The molecule has 0 radical (unpaired) electrons. The summed E-state index contributed by atoms with van der Waals surface area (Å²) in [7, 11) is 0. The van der Waals surface area contributed by atoms with Gasteiger partial charge in [0, 0.05) is 37.7 Å². The summed E-state index contributed by atoms with van der Waals surface area (Å²) in [6.07, 6.45) is 4.00. The second-order valence-corrected chi connectivity index (χ2v) is 5.36. The summed E-state index contributed by atoms with van der Waals surface area (Å²) in [5.41, 5.74) is 6.58. The van der Waals surface area contributed by atoms with Crippen LogP contribution in [0.3, 0.4) is 0 Å². The Bertz CT molecular complexity index is 541. The van der Waals surface area contributed by atoms with Crippen molar-refractivity contribution in [2.24, 2.45) is 5.73 Å². The minimum absolute atomic E-state index is 0.0528. The van der Waals surface area contributed by atoms with Crippen LogP contribution >= 0.6 is 0 Å². The van der Waals surface area contributed by atoms with Gasteiger partial charge in [0.25, 0.3) is 0 Å². The summed E-state index contributed by atoms with van der Waals surface area (Å²) in [6.45, 7) is 0.590. The molecule has 0 saturated carbocycles. The van der Waals surface area contributed by atoms with Crippen LogP contribution in [0.15, 0.2) is 36.7 Å². The first kappa shape index (κ1) is 16.0. The third-order valence-corrected chi connectivity index (χ3v) is 3.85. The number of benzene rings is 1. The van der Waals surface area contributed by atoms with Crippen LogP contribution in [0.2, 0.25) is 0 Å². The van der Waals surface area contributed by atoms with Gasteiger partial charge in [0.2, 0.25) is 0 Å². The molecule has 8 heteroatoms. The zero-order valence-corrected chi connectivity index (χ0v) is 12.6. The van der Waals surface area contributed by atoms with E-state index in [-0.39, 0.29) is 11.9 Å². The predicted molar refractivity (Wildman–Crippen MR) is 81.8 cm³/mol. The molecule has 6 nitrogen and oxygen atoms in total. The molecule has 2 aliphatic rings. The number of hydrazine groups is 1. The number of halogens is 2. The summed E-state index contributed by atoms with van der Waals surface area (Å²) in [6, 6.07) is 6.59. The van der Waals surface area contributed by atoms with Gasteiger partial charge in [-0.1, -0.05) is 0 Å². The lowest BCUT2D eigenvalue weighted by Crippen LogP contribution is -2.52. The number of nitrogens with zero attached hydrogens (tertiary/aromatic N) is 3. The van der Waals surface area contributed by atoms with E-state index in [4.69, 9.17) is 10.5 Å². The fourth-order valence-corrected chi connectivity index (χ4v) is 2.66. The van der Waals surface area contributed by atoms with Gasteiger partial charge >= 0.3 is 6.61 Å². The van der Waals surface area contributed by atoms with Crippen LogP contribution in [0.4, 0.5) is 14.5 Å². The van der Waals surface area contributed by atoms with Crippen LogP contribution in [0.25, 0.3) is 0 Å². The van der Waals surface area contributed by atoms with E-state index >= 15 is 0 Å². The molecule has 0 aromatic heterocycles. The summed E-state index contributed by atoms with van der Waals surface area (Å²) < 4.78 is 34.3. The zero-order chi connectivity index (χ0) is 16.2. The number of morpholine rings is 1. The molecule has 1 saturated heterocycles. The standard InChI is InChI=1S/C15H20F2N4O2/c16-15(17)23-13-3-1-12(2-4-13)19-5-6-21(11-19)20-7-8-22-14(9-18)10-20/h1-6,14-15H,7-11,18H2. The molecule has 1 aromatic carbocycles. The molecule has 2 heterocycles. The first-order chi connectivity index (χ1) is 11.2. The molecule has 23 heavy (non-hydrogen) atoms. The lowest BCUT2D eigenvalue weighted by Gasteiger charge is -2.38. The highest BCUT2D eigenvalue weighted by molar-refractivity contribution is 5.52. The Morgan fingerprint density at radius 1 is 1.26 bits per heavy atom. The van der Waals surface area contributed by atoms with E-state index < -0.39 is 6.61 Å². The fourth-order valence-electron chi connectivity index (χ4n) is 2.66. The number of hydrogen-bond acceptors (Lipinski definition) is 6. The summed E-state index contributed by atoms with van der Waals surface area (Å²) in [4.78, 5) is 2.03. The Balaban J connectivity index is 1.58. The van der Waals surface area contributed by atoms with Crippen molar-refractivity contribution in [1.82, 2.24) is 10.0 Å². The quantitative estimate of drug-likeness (QED) is 0.883. The van der Waals surface area contributed by atoms with Crippen LogP contribution < -0.4 is 15.4 Å². The topological polar surface area (TPSA) is 54.2 Å². The van der Waals surface area contributed by atoms with Crippen molar-refractivity contribution in [2.45, 2.75) is 12.7 Å². The number of nitrogens with two attached hydrogens (primary N) is 1. The lowest BCUT2D eigenvalue weighted by molar-refractivity contribution is -0.0949. The first-order valence-electron chi connectivity index (χ1n) is 7.49. The molecule has 1 fully saturated rings. The molecular formula is C15H20F2N4O2. The normalized spacial score (nSPS) is 22.2. The van der Waals surface area contributed by atoms with E-state index in [1.54, 1.807) is 12.1 Å². The predicted octanol–water partition coefficient (Wildman–Crippen LogP) is 1.41. The largest absolute Gasteiger partial charge is 0.435 e. The van der Waals surface area contributed by atoms with Crippen molar-refractivity contribution in [2.75, 3.05) is 37.8 Å². The Morgan fingerprint density at radius 3 is 2.74 bits per heavy atom. The van der Waals surface area contributed by atoms with Gasteiger partial charge in [-0.2, -0.15) is 8.78 Å². The van der Waals surface area contributed by atoms with Crippen LogP contribution in [0, 0.1) is 0 Å². The van der Waals surface area contributed by atoms with Gasteiger partial charge < -0.3 is 20.1 Å². The smallest absolute Gasteiger partial charge is 0.387 e. The third kappa shape index (κ3) is 3.90. The average Bonchev–Trinajstić information content (AvgIpc) is 3.05. The number of ether oxygens (including phenoxy) is 2. The van der Waals surface area contributed by atoms with Crippen LogP contribution in [-0.2, 0) is 4.74 Å². The van der Waals surface area contributed by atoms with Gasteiger partial charge in [-0.05, 0) is 24.3 Å².